The molecule has 208 valence electrons. The average Bonchev–Trinajstić information content (AvgIpc) is 2.88. The van der Waals surface area contributed by atoms with Crippen molar-refractivity contribution in [2.45, 2.75) is 52.1 Å². The molecule has 1 N–H and O–H groups in total. The standard InChI is InChI=1S/C26H36N4O7S/c1-6-19(3)27-26(32)22(7-2)28(16-15-20-11-9-8-10-12-20)25(31)18-29(38(5,35)36)23-17-21(30(33)34)13-14-24(23)37-4/h8-14,17,19,22H,6-7,15-16,18H2,1-5H3,(H,27,32)/t19-,22-/m0/s1. The molecule has 0 unspecified atom stereocenters. The zero-order valence-corrected chi connectivity index (χ0v) is 23.2. The third-order valence-corrected chi connectivity index (χ3v) is 7.32. The van der Waals surface area contributed by atoms with Crippen molar-refractivity contribution in [2.75, 3.05) is 30.8 Å². The van der Waals surface area contributed by atoms with Crippen LogP contribution in [0.2, 0.25) is 0 Å². The van der Waals surface area contributed by atoms with Crippen molar-refractivity contribution in [3.8, 4) is 5.75 Å². The van der Waals surface area contributed by atoms with E-state index in [0.717, 1.165) is 22.2 Å². The van der Waals surface area contributed by atoms with Gasteiger partial charge in [-0.15, -0.1) is 0 Å². The second-order valence-corrected chi connectivity index (χ2v) is 10.9. The van der Waals surface area contributed by atoms with Gasteiger partial charge in [0.1, 0.15) is 24.0 Å². The van der Waals surface area contributed by atoms with Gasteiger partial charge in [0.2, 0.25) is 21.8 Å². The molecule has 2 amide bonds. The number of hydrogen-bond donors (Lipinski definition) is 1. The minimum Gasteiger partial charge on any atom is -0.495 e. The smallest absolute Gasteiger partial charge is 0.271 e. The first-order chi connectivity index (χ1) is 17.9. The minimum atomic E-state index is -4.08. The molecule has 0 radical (unpaired) electrons. The molecule has 0 fully saturated rings. The lowest BCUT2D eigenvalue weighted by molar-refractivity contribution is -0.384. The van der Waals surface area contributed by atoms with E-state index in [1.165, 1.54) is 24.1 Å². The van der Waals surface area contributed by atoms with Crippen LogP contribution in [0.5, 0.6) is 5.75 Å². The summed E-state index contributed by atoms with van der Waals surface area (Å²) in [6.07, 6.45) is 2.36. The van der Waals surface area contributed by atoms with Gasteiger partial charge >= 0.3 is 0 Å². The number of nitrogens with one attached hydrogen (secondary N) is 1. The topological polar surface area (TPSA) is 139 Å². The Balaban J connectivity index is 2.49. The van der Waals surface area contributed by atoms with Crippen molar-refractivity contribution >= 4 is 33.2 Å². The highest BCUT2D eigenvalue weighted by molar-refractivity contribution is 7.92. The van der Waals surface area contributed by atoms with Gasteiger partial charge in [-0.3, -0.25) is 24.0 Å². The maximum absolute atomic E-state index is 13.7. The fourth-order valence-corrected chi connectivity index (χ4v) is 4.76. The van der Waals surface area contributed by atoms with E-state index in [2.05, 4.69) is 5.32 Å². The highest BCUT2D eigenvalue weighted by atomic mass is 32.2. The van der Waals surface area contributed by atoms with Crippen LogP contribution in [0.15, 0.2) is 48.5 Å². The van der Waals surface area contributed by atoms with Crippen LogP contribution >= 0.6 is 0 Å². The maximum atomic E-state index is 13.7. The zero-order valence-electron chi connectivity index (χ0n) is 22.4. The number of anilines is 1. The monoisotopic (exact) mass is 548 g/mol. The second kappa shape index (κ2) is 13.8. The number of ether oxygens (including phenoxy) is 1. The lowest BCUT2D eigenvalue weighted by Gasteiger charge is -2.33. The lowest BCUT2D eigenvalue weighted by atomic mass is 10.1. The number of carbonyl (C=O) groups excluding carboxylic acids is 2. The van der Waals surface area contributed by atoms with E-state index in [4.69, 9.17) is 4.74 Å². The summed E-state index contributed by atoms with van der Waals surface area (Å²) in [4.78, 5) is 39.0. The van der Waals surface area contributed by atoms with Crippen molar-refractivity contribution in [1.82, 2.24) is 10.2 Å². The lowest BCUT2D eigenvalue weighted by Crippen LogP contribution is -2.54. The predicted octanol–water partition coefficient (Wildman–Crippen LogP) is 3.13. The molecule has 38 heavy (non-hydrogen) atoms. The molecule has 0 aromatic heterocycles. The van der Waals surface area contributed by atoms with Gasteiger partial charge in [0.05, 0.1) is 18.3 Å². The molecule has 0 spiro atoms. The summed E-state index contributed by atoms with van der Waals surface area (Å²) in [5.74, 6) is -0.903. The molecule has 0 aliphatic heterocycles. The number of carbonyl (C=O) groups is 2. The zero-order chi connectivity index (χ0) is 28.5. The second-order valence-electron chi connectivity index (χ2n) is 8.95. The molecule has 12 heteroatoms. The Morgan fingerprint density at radius 2 is 1.76 bits per heavy atom. The van der Waals surface area contributed by atoms with Gasteiger partial charge in [-0.1, -0.05) is 44.2 Å². The van der Waals surface area contributed by atoms with Crippen molar-refractivity contribution in [3.05, 3.63) is 64.2 Å². The van der Waals surface area contributed by atoms with Gasteiger partial charge in [0, 0.05) is 24.7 Å². The van der Waals surface area contributed by atoms with Crippen LogP contribution in [0.1, 0.15) is 39.2 Å². The van der Waals surface area contributed by atoms with Gasteiger partial charge in [0.15, 0.2) is 0 Å². The molecule has 2 rings (SSSR count). The summed E-state index contributed by atoms with van der Waals surface area (Å²) < 4.78 is 31.7. The van der Waals surface area contributed by atoms with Crippen LogP contribution in [0.4, 0.5) is 11.4 Å². The summed E-state index contributed by atoms with van der Waals surface area (Å²) in [5.41, 5.74) is 0.447. The fraction of sp³-hybridized carbons (Fsp3) is 0.462. The number of non-ortho nitro benzene ring substituents is 1. The number of benzene rings is 2. The van der Waals surface area contributed by atoms with E-state index < -0.39 is 33.4 Å². The van der Waals surface area contributed by atoms with Gasteiger partial charge in [-0.2, -0.15) is 0 Å². The van der Waals surface area contributed by atoms with Gasteiger partial charge in [-0.25, -0.2) is 8.42 Å². The molecule has 11 nitrogen and oxygen atoms in total. The van der Waals surface area contributed by atoms with E-state index in [9.17, 15) is 28.1 Å². The fourth-order valence-electron chi connectivity index (χ4n) is 3.92. The summed E-state index contributed by atoms with van der Waals surface area (Å²) in [5, 5.41) is 14.3. The van der Waals surface area contributed by atoms with E-state index in [0.29, 0.717) is 19.3 Å². The molecule has 2 aromatic carbocycles. The van der Waals surface area contributed by atoms with Crippen LogP contribution in [-0.2, 0) is 26.0 Å². The number of hydrogen-bond acceptors (Lipinski definition) is 7. The Bertz CT molecular complexity index is 1220. The minimum absolute atomic E-state index is 0.0474. The summed E-state index contributed by atoms with van der Waals surface area (Å²) in [6, 6.07) is 12.0. The largest absolute Gasteiger partial charge is 0.495 e. The van der Waals surface area contributed by atoms with Crippen LogP contribution in [0.25, 0.3) is 0 Å². The third-order valence-electron chi connectivity index (χ3n) is 6.19. The maximum Gasteiger partial charge on any atom is 0.271 e. The Hall–Kier alpha value is -3.67. The number of sulfonamides is 1. The number of nitro groups is 1. The third kappa shape index (κ3) is 8.17. The molecule has 0 heterocycles. The van der Waals surface area contributed by atoms with Crippen LogP contribution in [0.3, 0.4) is 0 Å². The molecule has 2 aromatic rings. The quantitative estimate of drug-likeness (QED) is 0.283. The van der Waals surface area contributed by atoms with Crippen LogP contribution < -0.4 is 14.4 Å². The van der Waals surface area contributed by atoms with Crippen LogP contribution in [-0.4, -0.2) is 68.6 Å². The molecule has 2 atom stereocenters. The van der Waals surface area contributed by atoms with Gasteiger partial charge in [-0.05, 0) is 37.8 Å². The number of rotatable bonds is 14. The van der Waals surface area contributed by atoms with Gasteiger partial charge in [0.25, 0.3) is 5.69 Å². The predicted molar refractivity (Wildman–Crippen MR) is 146 cm³/mol. The summed E-state index contributed by atoms with van der Waals surface area (Å²) in [7, 11) is -2.78. The first-order valence-electron chi connectivity index (χ1n) is 12.4. The molecular weight excluding hydrogens is 512 g/mol. The number of nitro benzene ring substituents is 1. The average molecular weight is 549 g/mol. The number of nitrogens with zero attached hydrogens (tertiary/aromatic N) is 3. The Morgan fingerprint density at radius 3 is 2.29 bits per heavy atom. The van der Waals surface area contributed by atoms with Crippen LogP contribution in [0, 0.1) is 10.1 Å². The number of methoxy groups -OCH3 is 1. The van der Waals surface area contributed by atoms with Crippen molar-refractivity contribution in [3.63, 3.8) is 0 Å². The summed E-state index contributed by atoms with van der Waals surface area (Å²) >= 11 is 0. The molecule has 0 saturated heterocycles. The van der Waals surface area contributed by atoms with Crippen molar-refractivity contribution in [1.29, 1.82) is 0 Å². The highest BCUT2D eigenvalue weighted by Crippen LogP contribution is 2.33. The van der Waals surface area contributed by atoms with Gasteiger partial charge < -0.3 is 15.0 Å². The molecule has 0 aliphatic rings. The Labute approximate surface area is 224 Å². The molecule has 0 aliphatic carbocycles. The molecular formula is C26H36N4O7S. The molecule has 0 saturated carbocycles. The number of amides is 2. The van der Waals surface area contributed by atoms with E-state index in [-0.39, 0.29) is 35.6 Å². The van der Waals surface area contributed by atoms with E-state index in [1.54, 1.807) is 6.92 Å². The van der Waals surface area contributed by atoms with E-state index >= 15 is 0 Å². The van der Waals surface area contributed by atoms with E-state index in [1.807, 2.05) is 44.2 Å². The Kier molecular flexibility index (Phi) is 11.1. The first-order valence-corrected chi connectivity index (χ1v) is 14.2. The highest BCUT2D eigenvalue weighted by Gasteiger charge is 2.33. The summed E-state index contributed by atoms with van der Waals surface area (Å²) in [6.45, 7) is 5.07. The van der Waals surface area contributed by atoms with Crippen molar-refractivity contribution < 1.29 is 27.7 Å². The van der Waals surface area contributed by atoms with Crippen molar-refractivity contribution in [2.24, 2.45) is 0 Å². The first kappa shape index (κ1) is 30.6. The normalized spacial score (nSPS) is 12.8. The SMILES string of the molecule is CC[C@H](C)NC(=O)[C@H](CC)N(CCc1ccccc1)C(=O)CN(c1cc([N+](=O)[O-])ccc1OC)S(C)(=O)=O. The Morgan fingerprint density at radius 1 is 1.11 bits per heavy atom. The molecule has 0 bridgehead atoms.